The van der Waals surface area contributed by atoms with Crippen LogP contribution in [0.25, 0.3) is 0 Å². The first-order valence-corrected chi connectivity index (χ1v) is 4.68. The highest BCUT2D eigenvalue weighted by atomic mass is 16.5. The van der Waals surface area contributed by atoms with Crippen molar-refractivity contribution in [3.8, 4) is 11.6 Å². The van der Waals surface area contributed by atoms with Crippen LogP contribution in [-0.4, -0.2) is 0 Å². The van der Waals surface area contributed by atoms with Crippen LogP contribution in [0, 0.1) is 0 Å². The van der Waals surface area contributed by atoms with Crippen molar-refractivity contribution in [3.63, 3.8) is 0 Å². The lowest BCUT2D eigenvalue weighted by molar-refractivity contribution is -0.695. The standard InChI is InChI=1S/C12H10NO/c1-2-6-11-10(5-1)9-13-8-4-3-7-12(13)14-11/h1-8H,9H2/q+1. The number of nitrogens with zero attached hydrogens (tertiary/aromatic N) is 1. The minimum absolute atomic E-state index is 0.895. The third-order valence-corrected chi connectivity index (χ3v) is 2.43. The Kier molecular flexibility index (Phi) is 1.53. The molecule has 2 heteroatoms. The normalized spacial score (nSPS) is 12.6. The predicted octanol–water partition coefficient (Wildman–Crippen LogP) is 2.13. The summed E-state index contributed by atoms with van der Waals surface area (Å²) in [5.41, 5.74) is 1.23. The van der Waals surface area contributed by atoms with Crippen molar-refractivity contribution in [1.82, 2.24) is 0 Å². The quantitative estimate of drug-likeness (QED) is 0.488. The number of aromatic nitrogens is 1. The van der Waals surface area contributed by atoms with Gasteiger partial charge in [-0.15, -0.1) is 0 Å². The molecule has 0 unspecified atom stereocenters. The molecule has 0 spiro atoms. The zero-order valence-electron chi connectivity index (χ0n) is 7.68. The van der Waals surface area contributed by atoms with Crippen molar-refractivity contribution in [2.24, 2.45) is 0 Å². The van der Waals surface area contributed by atoms with Crippen LogP contribution in [0.15, 0.2) is 48.7 Å². The summed E-state index contributed by atoms with van der Waals surface area (Å²) in [4.78, 5) is 0. The molecule has 1 aromatic carbocycles. The van der Waals surface area contributed by atoms with E-state index in [0.29, 0.717) is 0 Å². The fraction of sp³-hybridized carbons (Fsp3) is 0.0833. The second-order valence-corrected chi connectivity index (χ2v) is 3.38. The van der Waals surface area contributed by atoms with Gasteiger partial charge in [-0.05, 0) is 18.2 Å². The Labute approximate surface area is 82.4 Å². The Morgan fingerprint density at radius 3 is 2.86 bits per heavy atom. The molecule has 0 fully saturated rings. The third kappa shape index (κ3) is 1.08. The molecule has 2 aromatic rings. The van der Waals surface area contributed by atoms with Crippen LogP contribution in [0.5, 0.6) is 11.6 Å². The van der Waals surface area contributed by atoms with Crippen LogP contribution in [0.3, 0.4) is 0 Å². The number of rotatable bonds is 0. The smallest absolute Gasteiger partial charge is 0.373 e. The summed E-state index contributed by atoms with van der Waals surface area (Å²) in [6.07, 6.45) is 2.03. The zero-order chi connectivity index (χ0) is 9.38. The molecule has 2 heterocycles. The summed E-state index contributed by atoms with van der Waals surface area (Å²) >= 11 is 0. The number of hydrogen-bond donors (Lipinski definition) is 0. The minimum Gasteiger partial charge on any atom is -0.405 e. The predicted molar refractivity (Wildman–Crippen MR) is 52.3 cm³/mol. The fourth-order valence-corrected chi connectivity index (χ4v) is 1.71. The highest BCUT2D eigenvalue weighted by molar-refractivity contribution is 5.36. The lowest BCUT2D eigenvalue weighted by Gasteiger charge is -2.13. The van der Waals surface area contributed by atoms with E-state index in [1.54, 1.807) is 0 Å². The van der Waals surface area contributed by atoms with E-state index in [1.165, 1.54) is 5.56 Å². The van der Waals surface area contributed by atoms with Gasteiger partial charge < -0.3 is 4.74 Å². The molecule has 14 heavy (non-hydrogen) atoms. The first-order valence-electron chi connectivity index (χ1n) is 4.68. The van der Waals surface area contributed by atoms with Crippen molar-refractivity contribution in [2.45, 2.75) is 6.54 Å². The van der Waals surface area contributed by atoms with Gasteiger partial charge in [0.05, 0.1) is 11.6 Å². The van der Waals surface area contributed by atoms with Crippen molar-refractivity contribution in [3.05, 3.63) is 54.2 Å². The first-order chi connectivity index (χ1) is 6.93. The third-order valence-electron chi connectivity index (χ3n) is 2.43. The Hall–Kier alpha value is -1.83. The maximum Gasteiger partial charge on any atom is 0.373 e. The van der Waals surface area contributed by atoms with Crippen molar-refractivity contribution in [2.75, 3.05) is 0 Å². The highest BCUT2D eigenvalue weighted by Crippen LogP contribution is 2.26. The molecule has 2 nitrogen and oxygen atoms in total. The van der Waals surface area contributed by atoms with Crippen molar-refractivity contribution >= 4 is 0 Å². The Morgan fingerprint density at radius 2 is 1.86 bits per heavy atom. The van der Waals surface area contributed by atoms with Crippen molar-refractivity contribution in [1.29, 1.82) is 0 Å². The summed E-state index contributed by atoms with van der Waals surface area (Å²) in [5, 5.41) is 0. The lowest BCUT2D eigenvalue weighted by atomic mass is 10.2. The number of ether oxygens (including phenoxy) is 1. The van der Waals surface area contributed by atoms with Crippen LogP contribution in [-0.2, 0) is 6.54 Å². The summed E-state index contributed by atoms with van der Waals surface area (Å²) in [5.74, 6) is 1.88. The molecule has 0 radical (unpaired) electrons. The molecule has 0 atom stereocenters. The fourth-order valence-electron chi connectivity index (χ4n) is 1.71. The van der Waals surface area contributed by atoms with Gasteiger partial charge in [0.15, 0.2) is 12.7 Å². The Bertz CT molecular complexity index is 392. The molecule has 68 valence electrons. The molecule has 0 aliphatic carbocycles. The van der Waals surface area contributed by atoms with Gasteiger partial charge in [-0.1, -0.05) is 12.1 Å². The molecular formula is C12H10NO+. The van der Waals surface area contributed by atoms with E-state index in [0.717, 1.165) is 18.2 Å². The van der Waals surface area contributed by atoms with Gasteiger partial charge in [-0.2, -0.15) is 4.57 Å². The number of fused-ring (bicyclic) bond motifs is 2. The molecule has 0 amide bonds. The maximum atomic E-state index is 5.74. The molecule has 3 rings (SSSR count). The molecule has 0 saturated heterocycles. The van der Waals surface area contributed by atoms with Crippen LogP contribution in [0.1, 0.15) is 5.56 Å². The monoisotopic (exact) mass is 184 g/mol. The molecular weight excluding hydrogens is 174 g/mol. The average molecular weight is 184 g/mol. The van der Waals surface area contributed by atoms with Gasteiger partial charge in [0.25, 0.3) is 0 Å². The SMILES string of the molecule is c1ccc2c(c1)C[n+]1ccccc1O2. The highest BCUT2D eigenvalue weighted by Gasteiger charge is 2.21. The van der Waals surface area contributed by atoms with Gasteiger partial charge in [-0.3, -0.25) is 0 Å². The average Bonchev–Trinajstić information content (AvgIpc) is 2.26. The van der Waals surface area contributed by atoms with Crippen LogP contribution >= 0.6 is 0 Å². The van der Waals surface area contributed by atoms with Crippen LogP contribution in [0.2, 0.25) is 0 Å². The topological polar surface area (TPSA) is 13.1 Å². The Morgan fingerprint density at radius 1 is 1.00 bits per heavy atom. The molecule has 0 saturated carbocycles. The van der Waals surface area contributed by atoms with E-state index in [4.69, 9.17) is 4.74 Å². The van der Waals surface area contributed by atoms with Gasteiger partial charge >= 0.3 is 5.88 Å². The van der Waals surface area contributed by atoms with Crippen LogP contribution < -0.4 is 9.30 Å². The second kappa shape index (κ2) is 2.84. The molecule has 0 bridgehead atoms. The second-order valence-electron chi connectivity index (χ2n) is 3.38. The number of para-hydroxylation sites is 1. The van der Waals surface area contributed by atoms with Gasteiger partial charge in [0.2, 0.25) is 0 Å². The molecule has 1 aromatic heterocycles. The molecule has 0 N–H and O–H groups in total. The van der Waals surface area contributed by atoms with E-state index < -0.39 is 0 Å². The van der Waals surface area contributed by atoms with Gasteiger partial charge in [0, 0.05) is 6.07 Å². The number of pyridine rings is 1. The van der Waals surface area contributed by atoms with Gasteiger partial charge in [-0.25, -0.2) is 0 Å². The largest absolute Gasteiger partial charge is 0.405 e. The minimum atomic E-state index is 0.895. The number of hydrogen-bond acceptors (Lipinski definition) is 1. The summed E-state index contributed by atoms with van der Waals surface area (Å²) in [7, 11) is 0. The van der Waals surface area contributed by atoms with E-state index in [9.17, 15) is 0 Å². The summed E-state index contributed by atoms with van der Waals surface area (Å²) in [6, 6.07) is 14.1. The van der Waals surface area contributed by atoms with E-state index in [-0.39, 0.29) is 0 Å². The summed E-state index contributed by atoms with van der Waals surface area (Å²) < 4.78 is 7.84. The maximum absolute atomic E-state index is 5.74. The van der Waals surface area contributed by atoms with E-state index in [1.807, 2.05) is 42.6 Å². The van der Waals surface area contributed by atoms with E-state index in [2.05, 4.69) is 10.6 Å². The lowest BCUT2D eigenvalue weighted by Crippen LogP contribution is -2.38. The molecule has 1 aliphatic rings. The first kappa shape index (κ1) is 7.56. The zero-order valence-corrected chi connectivity index (χ0v) is 7.68. The number of benzene rings is 1. The van der Waals surface area contributed by atoms with Crippen molar-refractivity contribution < 1.29 is 9.30 Å². The Balaban J connectivity index is 2.12. The van der Waals surface area contributed by atoms with E-state index >= 15 is 0 Å². The summed E-state index contributed by atoms with van der Waals surface area (Å²) in [6.45, 7) is 0.895. The molecule has 1 aliphatic heterocycles. The van der Waals surface area contributed by atoms with Gasteiger partial charge in [0.1, 0.15) is 5.75 Å². The van der Waals surface area contributed by atoms with Crippen LogP contribution in [0.4, 0.5) is 0 Å².